The minimum absolute atomic E-state index is 0.192. The smallest absolute Gasteiger partial charge is 0.336 e. The molecular weight excluding hydrogens is 372 g/mol. The molecule has 1 N–H and O–H groups in total. The van der Waals surface area contributed by atoms with Crippen LogP contribution in [-0.4, -0.2) is 24.8 Å². The van der Waals surface area contributed by atoms with Crippen LogP contribution in [-0.2, 0) is 4.79 Å². The fraction of sp³-hybridized carbons (Fsp3) is 0.211. The minimum Gasteiger partial charge on any atom is -0.493 e. The summed E-state index contributed by atoms with van der Waals surface area (Å²) in [6.45, 7) is 2.53. The summed E-state index contributed by atoms with van der Waals surface area (Å²) >= 11 is 3.43. The van der Waals surface area contributed by atoms with Gasteiger partial charge in [-0.1, -0.05) is 53.2 Å². The average molecular weight is 391 g/mol. The Hall–Kier alpha value is -2.27. The Morgan fingerprint density at radius 1 is 1.25 bits per heavy atom. The molecule has 0 aliphatic rings. The first kappa shape index (κ1) is 18.1. The lowest BCUT2D eigenvalue weighted by Gasteiger charge is -2.14. The van der Waals surface area contributed by atoms with Crippen molar-refractivity contribution in [3.05, 3.63) is 58.1 Å². The molecule has 0 fully saturated rings. The molecule has 0 amide bonds. The van der Waals surface area contributed by atoms with E-state index in [0.29, 0.717) is 29.2 Å². The molecule has 0 bridgehead atoms. The molecule has 2 aromatic rings. The van der Waals surface area contributed by atoms with Crippen LogP contribution in [0.15, 0.2) is 46.9 Å². The van der Waals surface area contributed by atoms with Crippen LogP contribution in [0.2, 0.25) is 0 Å². The summed E-state index contributed by atoms with van der Waals surface area (Å²) in [5, 5.41) is 9.60. The second-order valence-corrected chi connectivity index (χ2v) is 6.02. The van der Waals surface area contributed by atoms with E-state index in [1.165, 1.54) is 0 Å². The molecule has 4 nitrogen and oxygen atoms in total. The first-order chi connectivity index (χ1) is 11.6. The highest BCUT2D eigenvalue weighted by Gasteiger charge is 2.15. The van der Waals surface area contributed by atoms with Crippen LogP contribution in [0, 0.1) is 0 Å². The van der Waals surface area contributed by atoms with Crippen LogP contribution in [0.25, 0.3) is 11.6 Å². The molecule has 0 saturated heterocycles. The second kappa shape index (κ2) is 8.55. The Morgan fingerprint density at radius 2 is 1.96 bits per heavy atom. The Bertz CT molecular complexity index is 739. The molecule has 2 aromatic carbocycles. The van der Waals surface area contributed by atoms with Crippen LogP contribution >= 0.6 is 15.9 Å². The molecule has 0 aliphatic carbocycles. The van der Waals surface area contributed by atoms with Gasteiger partial charge in [-0.05, 0) is 30.2 Å². The lowest BCUT2D eigenvalue weighted by molar-refractivity contribution is -0.130. The Kier molecular flexibility index (Phi) is 6.44. The number of hydrogen-bond acceptors (Lipinski definition) is 3. The van der Waals surface area contributed by atoms with Gasteiger partial charge in [-0.15, -0.1) is 0 Å². The molecule has 5 heteroatoms. The van der Waals surface area contributed by atoms with Gasteiger partial charge in [-0.25, -0.2) is 4.79 Å². The Labute approximate surface area is 149 Å². The molecule has 0 saturated carbocycles. The van der Waals surface area contributed by atoms with Crippen LogP contribution in [0.4, 0.5) is 0 Å². The number of ether oxygens (including phenoxy) is 2. The summed E-state index contributed by atoms with van der Waals surface area (Å²) in [6.07, 6.45) is 2.45. The number of benzene rings is 2. The van der Waals surface area contributed by atoms with E-state index in [-0.39, 0.29) is 5.57 Å². The Morgan fingerprint density at radius 3 is 2.54 bits per heavy atom. The number of carbonyl (C=O) groups is 1. The molecule has 126 valence electrons. The minimum atomic E-state index is -0.999. The lowest BCUT2D eigenvalue weighted by Crippen LogP contribution is -2.02. The summed E-state index contributed by atoms with van der Waals surface area (Å²) in [6, 6.07) is 12.6. The maximum atomic E-state index is 11.7. The third kappa shape index (κ3) is 4.38. The molecule has 0 unspecified atom stereocenters. The van der Waals surface area contributed by atoms with Crippen LogP contribution in [0.5, 0.6) is 11.5 Å². The van der Waals surface area contributed by atoms with Gasteiger partial charge < -0.3 is 14.6 Å². The van der Waals surface area contributed by atoms with E-state index in [9.17, 15) is 9.90 Å². The number of rotatable bonds is 7. The molecule has 0 spiro atoms. The van der Waals surface area contributed by atoms with E-state index >= 15 is 0 Å². The van der Waals surface area contributed by atoms with Gasteiger partial charge in [0.15, 0.2) is 11.5 Å². The van der Waals surface area contributed by atoms with Crippen molar-refractivity contribution in [2.45, 2.75) is 13.3 Å². The predicted molar refractivity (Wildman–Crippen MR) is 98.4 cm³/mol. The zero-order valence-corrected chi connectivity index (χ0v) is 15.2. The van der Waals surface area contributed by atoms with E-state index in [4.69, 9.17) is 9.47 Å². The molecule has 0 atom stereocenters. The first-order valence-corrected chi connectivity index (χ1v) is 8.36. The van der Waals surface area contributed by atoms with Crippen molar-refractivity contribution in [2.24, 2.45) is 0 Å². The largest absolute Gasteiger partial charge is 0.493 e. The standard InChI is InChI=1S/C19H19BrO4/c1-3-9-24-18-14(10-15(20)12-17(18)23-2)11-16(19(21)22)13-7-5-4-6-8-13/h4-8,10-12H,3,9H2,1-2H3,(H,21,22)/b16-11-. The van der Waals surface area contributed by atoms with Crippen molar-refractivity contribution in [1.29, 1.82) is 0 Å². The monoisotopic (exact) mass is 390 g/mol. The summed E-state index contributed by atoms with van der Waals surface area (Å²) < 4.78 is 12.0. The van der Waals surface area contributed by atoms with E-state index in [1.807, 2.05) is 31.2 Å². The molecule has 0 aliphatic heterocycles. The van der Waals surface area contributed by atoms with E-state index in [1.54, 1.807) is 31.4 Å². The van der Waals surface area contributed by atoms with Gasteiger partial charge in [0.2, 0.25) is 0 Å². The fourth-order valence-corrected chi connectivity index (χ4v) is 2.70. The van der Waals surface area contributed by atoms with Gasteiger partial charge in [-0.3, -0.25) is 0 Å². The van der Waals surface area contributed by atoms with Gasteiger partial charge in [0.05, 0.1) is 19.3 Å². The molecule has 0 radical (unpaired) electrons. The van der Waals surface area contributed by atoms with Crippen LogP contribution in [0.3, 0.4) is 0 Å². The first-order valence-electron chi connectivity index (χ1n) is 7.57. The molecule has 24 heavy (non-hydrogen) atoms. The summed E-state index contributed by atoms with van der Waals surface area (Å²) in [7, 11) is 1.56. The molecular formula is C19H19BrO4. The van der Waals surface area contributed by atoms with E-state index in [2.05, 4.69) is 15.9 Å². The van der Waals surface area contributed by atoms with E-state index < -0.39 is 5.97 Å². The predicted octanol–water partition coefficient (Wildman–Crippen LogP) is 4.87. The highest BCUT2D eigenvalue weighted by Crippen LogP contribution is 2.37. The number of halogens is 1. The number of methoxy groups -OCH3 is 1. The van der Waals surface area contributed by atoms with Crippen LogP contribution < -0.4 is 9.47 Å². The van der Waals surface area contributed by atoms with Crippen molar-refractivity contribution in [3.63, 3.8) is 0 Å². The number of hydrogen-bond donors (Lipinski definition) is 1. The van der Waals surface area contributed by atoms with Gasteiger partial charge in [0.25, 0.3) is 0 Å². The maximum absolute atomic E-state index is 11.7. The van der Waals surface area contributed by atoms with E-state index in [0.717, 1.165) is 10.9 Å². The second-order valence-electron chi connectivity index (χ2n) is 5.10. The zero-order valence-electron chi connectivity index (χ0n) is 13.6. The highest BCUT2D eigenvalue weighted by atomic mass is 79.9. The van der Waals surface area contributed by atoms with Gasteiger partial charge in [0.1, 0.15) is 0 Å². The van der Waals surface area contributed by atoms with Gasteiger partial charge >= 0.3 is 5.97 Å². The van der Waals surface area contributed by atoms with Crippen LogP contribution in [0.1, 0.15) is 24.5 Å². The number of carboxylic acid groups (broad SMARTS) is 1. The van der Waals surface area contributed by atoms with Crippen molar-refractivity contribution in [2.75, 3.05) is 13.7 Å². The summed E-state index contributed by atoms with van der Waals surface area (Å²) in [4.78, 5) is 11.7. The fourth-order valence-electron chi connectivity index (χ4n) is 2.25. The average Bonchev–Trinajstić information content (AvgIpc) is 2.58. The normalized spacial score (nSPS) is 11.2. The van der Waals surface area contributed by atoms with Crippen molar-refractivity contribution >= 4 is 33.5 Å². The van der Waals surface area contributed by atoms with Crippen molar-refractivity contribution in [1.82, 2.24) is 0 Å². The topological polar surface area (TPSA) is 55.8 Å². The summed E-state index contributed by atoms with van der Waals surface area (Å²) in [5.41, 5.74) is 1.47. The number of aliphatic carboxylic acids is 1. The lowest BCUT2D eigenvalue weighted by atomic mass is 10.0. The SMILES string of the molecule is CCCOc1c(/C=C(\C(=O)O)c2ccccc2)cc(Br)cc1OC. The maximum Gasteiger partial charge on any atom is 0.336 e. The van der Waals surface area contributed by atoms with Gasteiger partial charge in [0, 0.05) is 10.0 Å². The molecule has 0 heterocycles. The zero-order chi connectivity index (χ0) is 17.5. The third-order valence-corrected chi connectivity index (χ3v) is 3.79. The number of carboxylic acids is 1. The molecule has 2 rings (SSSR count). The van der Waals surface area contributed by atoms with Crippen molar-refractivity contribution in [3.8, 4) is 11.5 Å². The van der Waals surface area contributed by atoms with Gasteiger partial charge in [-0.2, -0.15) is 0 Å². The molecule has 0 aromatic heterocycles. The van der Waals surface area contributed by atoms with Crippen molar-refractivity contribution < 1.29 is 19.4 Å². The highest BCUT2D eigenvalue weighted by molar-refractivity contribution is 9.10. The Balaban J connectivity index is 2.59. The quantitative estimate of drug-likeness (QED) is 0.540. The summed E-state index contributed by atoms with van der Waals surface area (Å²) in [5.74, 6) is 0.0979. The third-order valence-electron chi connectivity index (χ3n) is 3.33.